The van der Waals surface area contributed by atoms with Gasteiger partial charge >= 0.3 is 11.8 Å². The molecule has 0 bridgehead atoms. The van der Waals surface area contributed by atoms with Crippen LogP contribution < -0.4 is 11.1 Å². The van der Waals surface area contributed by atoms with Gasteiger partial charge in [0.05, 0.1) is 6.61 Å². The van der Waals surface area contributed by atoms with Crippen LogP contribution in [-0.2, 0) is 9.59 Å². The van der Waals surface area contributed by atoms with Gasteiger partial charge in [0, 0.05) is 12.0 Å². The van der Waals surface area contributed by atoms with Crippen LogP contribution in [-0.4, -0.2) is 30.1 Å². The van der Waals surface area contributed by atoms with E-state index in [0.717, 1.165) is 12.8 Å². The number of rotatable bonds is 3. The molecular weight excluding hydrogens is 160 g/mol. The summed E-state index contributed by atoms with van der Waals surface area (Å²) in [4.78, 5) is 20.9. The molecule has 4 N–H and O–H groups in total. The Morgan fingerprint density at radius 3 is 2.42 bits per heavy atom. The molecule has 2 amide bonds. The minimum absolute atomic E-state index is 0.0477. The van der Waals surface area contributed by atoms with Crippen LogP contribution in [0.25, 0.3) is 0 Å². The third kappa shape index (κ3) is 1.94. The van der Waals surface area contributed by atoms with Crippen molar-refractivity contribution in [2.75, 3.05) is 13.2 Å². The maximum absolute atomic E-state index is 10.7. The number of amides is 2. The van der Waals surface area contributed by atoms with Gasteiger partial charge in [0.15, 0.2) is 0 Å². The molecule has 1 aliphatic carbocycles. The molecule has 1 fully saturated rings. The summed E-state index contributed by atoms with van der Waals surface area (Å²) in [6.07, 6.45) is 1.78. The summed E-state index contributed by atoms with van der Waals surface area (Å²) in [5.41, 5.74) is 4.54. The van der Waals surface area contributed by atoms with Crippen molar-refractivity contribution in [1.82, 2.24) is 5.32 Å². The lowest BCUT2D eigenvalue weighted by Crippen LogP contribution is -2.39. The molecule has 0 saturated heterocycles. The van der Waals surface area contributed by atoms with Crippen LogP contribution in [0.1, 0.15) is 12.8 Å². The summed E-state index contributed by atoms with van der Waals surface area (Å²) < 4.78 is 0. The minimum Gasteiger partial charge on any atom is -0.396 e. The van der Waals surface area contributed by atoms with E-state index in [1.165, 1.54) is 0 Å². The molecule has 0 aliphatic heterocycles. The highest BCUT2D eigenvalue weighted by molar-refractivity contribution is 6.34. The van der Waals surface area contributed by atoms with Crippen molar-refractivity contribution in [2.45, 2.75) is 12.8 Å². The highest BCUT2D eigenvalue weighted by atomic mass is 16.3. The third-order valence-electron chi connectivity index (χ3n) is 2.14. The van der Waals surface area contributed by atoms with Gasteiger partial charge in [0.25, 0.3) is 0 Å². The van der Waals surface area contributed by atoms with Crippen molar-refractivity contribution in [3.05, 3.63) is 0 Å². The molecule has 0 unspecified atom stereocenters. The van der Waals surface area contributed by atoms with E-state index >= 15 is 0 Å². The fourth-order valence-corrected chi connectivity index (χ4v) is 0.922. The lowest BCUT2D eigenvalue weighted by molar-refractivity contribution is -0.137. The SMILES string of the molecule is NC(=O)C(=O)NCC1(CO)CC1. The minimum atomic E-state index is -0.983. The van der Waals surface area contributed by atoms with Crippen molar-refractivity contribution in [3.8, 4) is 0 Å². The van der Waals surface area contributed by atoms with Gasteiger partial charge in [-0.3, -0.25) is 9.59 Å². The zero-order valence-electron chi connectivity index (χ0n) is 6.67. The highest BCUT2D eigenvalue weighted by Crippen LogP contribution is 2.44. The Morgan fingerprint density at radius 2 is 2.08 bits per heavy atom. The van der Waals surface area contributed by atoms with Crippen molar-refractivity contribution >= 4 is 11.8 Å². The van der Waals surface area contributed by atoms with Crippen LogP contribution in [0.3, 0.4) is 0 Å². The molecule has 1 rings (SSSR count). The molecule has 1 aliphatic rings. The molecule has 5 heteroatoms. The van der Waals surface area contributed by atoms with E-state index in [-0.39, 0.29) is 12.0 Å². The van der Waals surface area contributed by atoms with Crippen LogP contribution >= 0.6 is 0 Å². The summed E-state index contributed by atoms with van der Waals surface area (Å²) in [5.74, 6) is -1.77. The average molecular weight is 172 g/mol. The fraction of sp³-hybridized carbons (Fsp3) is 0.714. The molecule has 12 heavy (non-hydrogen) atoms. The monoisotopic (exact) mass is 172 g/mol. The predicted molar refractivity (Wildman–Crippen MR) is 41.0 cm³/mol. The summed E-state index contributed by atoms with van der Waals surface area (Å²) in [7, 11) is 0. The van der Waals surface area contributed by atoms with Gasteiger partial charge in [0.1, 0.15) is 0 Å². The Kier molecular flexibility index (Phi) is 2.32. The molecule has 0 heterocycles. The van der Waals surface area contributed by atoms with Gasteiger partial charge in [-0.1, -0.05) is 0 Å². The largest absolute Gasteiger partial charge is 0.396 e. The number of carbonyl (C=O) groups excluding carboxylic acids is 2. The number of nitrogens with one attached hydrogen (secondary N) is 1. The first-order valence-corrected chi connectivity index (χ1v) is 3.78. The molecule has 0 aromatic carbocycles. The van der Waals surface area contributed by atoms with Gasteiger partial charge in [-0.25, -0.2) is 0 Å². The Hall–Kier alpha value is -1.10. The molecule has 0 aromatic rings. The number of hydrogen-bond donors (Lipinski definition) is 3. The zero-order chi connectivity index (χ0) is 9.19. The van der Waals surface area contributed by atoms with E-state index in [1.54, 1.807) is 0 Å². The van der Waals surface area contributed by atoms with E-state index in [2.05, 4.69) is 5.32 Å². The molecule has 1 saturated carbocycles. The topological polar surface area (TPSA) is 92.4 Å². The standard InChI is InChI=1S/C7H12N2O3/c8-5(11)6(12)9-3-7(4-10)1-2-7/h10H,1-4H2,(H2,8,11)(H,9,12). The number of aliphatic hydroxyl groups is 1. The summed E-state index contributed by atoms with van der Waals surface area (Å²) in [5, 5.41) is 11.2. The first-order chi connectivity index (χ1) is 5.59. The number of hydrogen-bond acceptors (Lipinski definition) is 3. The van der Waals surface area contributed by atoms with Crippen LogP contribution in [0, 0.1) is 5.41 Å². The second-order valence-electron chi connectivity index (χ2n) is 3.21. The Balaban J connectivity index is 2.26. The van der Waals surface area contributed by atoms with E-state index in [1.807, 2.05) is 0 Å². The normalized spacial score (nSPS) is 18.4. The Bertz CT molecular complexity index is 211. The molecule has 5 nitrogen and oxygen atoms in total. The predicted octanol–water partition coefficient (Wildman–Crippen LogP) is -1.64. The van der Waals surface area contributed by atoms with Gasteiger partial charge in [0.2, 0.25) is 0 Å². The first kappa shape index (κ1) is 8.99. The first-order valence-electron chi connectivity index (χ1n) is 3.78. The second kappa shape index (κ2) is 3.10. The molecule has 0 radical (unpaired) electrons. The third-order valence-corrected chi connectivity index (χ3v) is 2.14. The van der Waals surface area contributed by atoms with Gasteiger partial charge < -0.3 is 16.2 Å². The van der Waals surface area contributed by atoms with Crippen LogP contribution in [0.5, 0.6) is 0 Å². The quantitative estimate of drug-likeness (QED) is 0.446. The maximum atomic E-state index is 10.7. The average Bonchev–Trinajstić information content (AvgIpc) is 2.81. The zero-order valence-corrected chi connectivity index (χ0v) is 6.67. The van der Waals surface area contributed by atoms with Crippen LogP contribution in [0.2, 0.25) is 0 Å². The van der Waals surface area contributed by atoms with Crippen molar-refractivity contribution in [3.63, 3.8) is 0 Å². The smallest absolute Gasteiger partial charge is 0.309 e. The summed E-state index contributed by atoms with van der Waals surface area (Å²) in [6.45, 7) is 0.386. The number of aliphatic hydroxyl groups excluding tert-OH is 1. The summed E-state index contributed by atoms with van der Waals surface area (Å²) >= 11 is 0. The fourth-order valence-electron chi connectivity index (χ4n) is 0.922. The van der Waals surface area contributed by atoms with Crippen LogP contribution in [0.15, 0.2) is 0 Å². The maximum Gasteiger partial charge on any atom is 0.309 e. The van der Waals surface area contributed by atoms with E-state index < -0.39 is 11.8 Å². The molecule has 68 valence electrons. The lowest BCUT2D eigenvalue weighted by Gasteiger charge is -2.10. The van der Waals surface area contributed by atoms with Gasteiger partial charge in [-0.15, -0.1) is 0 Å². The van der Waals surface area contributed by atoms with Crippen molar-refractivity contribution in [1.29, 1.82) is 0 Å². The van der Waals surface area contributed by atoms with E-state index in [4.69, 9.17) is 10.8 Å². The molecule has 0 aromatic heterocycles. The number of primary amides is 1. The summed E-state index contributed by atoms with van der Waals surface area (Å²) in [6, 6.07) is 0. The van der Waals surface area contributed by atoms with Crippen molar-refractivity contribution < 1.29 is 14.7 Å². The van der Waals surface area contributed by atoms with Crippen LogP contribution in [0.4, 0.5) is 0 Å². The number of nitrogens with two attached hydrogens (primary N) is 1. The lowest BCUT2D eigenvalue weighted by atomic mass is 10.1. The number of carbonyl (C=O) groups is 2. The van der Waals surface area contributed by atoms with Gasteiger partial charge in [-0.2, -0.15) is 0 Å². The Morgan fingerprint density at radius 1 is 1.50 bits per heavy atom. The Labute approximate surface area is 69.9 Å². The second-order valence-corrected chi connectivity index (χ2v) is 3.21. The van der Waals surface area contributed by atoms with E-state index in [9.17, 15) is 9.59 Å². The highest BCUT2D eigenvalue weighted by Gasteiger charge is 2.42. The van der Waals surface area contributed by atoms with Crippen molar-refractivity contribution in [2.24, 2.45) is 11.1 Å². The van der Waals surface area contributed by atoms with Gasteiger partial charge in [-0.05, 0) is 12.8 Å². The van der Waals surface area contributed by atoms with E-state index in [0.29, 0.717) is 6.54 Å². The molecule has 0 atom stereocenters. The molecule has 0 spiro atoms. The molecular formula is C7H12N2O3.